The van der Waals surface area contributed by atoms with E-state index in [9.17, 15) is 0 Å². The molecule has 0 unspecified atom stereocenters. The zero-order valence-corrected chi connectivity index (χ0v) is 10.0. The Morgan fingerprint density at radius 2 is 2.19 bits per heavy atom. The summed E-state index contributed by atoms with van der Waals surface area (Å²) in [7, 11) is 2.19. The van der Waals surface area contributed by atoms with E-state index in [2.05, 4.69) is 34.4 Å². The van der Waals surface area contributed by atoms with E-state index in [0.29, 0.717) is 0 Å². The van der Waals surface area contributed by atoms with E-state index in [1.54, 1.807) is 0 Å². The highest BCUT2D eigenvalue weighted by atomic mass is 15.1. The van der Waals surface area contributed by atoms with Gasteiger partial charge in [0.2, 0.25) is 0 Å². The van der Waals surface area contributed by atoms with Gasteiger partial charge in [0.05, 0.1) is 5.69 Å². The summed E-state index contributed by atoms with van der Waals surface area (Å²) in [5.41, 5.74) is 1.17. The van der Waals surface area contributed by atoms with Crippen molar-refractivity contribution in [2.45, 2.75) is 19.4 Å². The van der Waals surface area contributed by atoms with Gasteiger partial charge < -0.3 is 10.2 Å². The highest BCUT2D eigenvalue weighted by Gasteiger charge is 2.14. The van der Waals surface area contributed by atoms with Crippen molar-refractivity contribution in [1.82, 2.24) is 15.2 Å². The van der Waals surface area contributed by atoms with Crippen LogP contribution in [0.2, 0.25) is 0 Å². The second-order valence-electron chi connectivity index (χ2n) is 4.71. The molecule has 0 spiro atoms. The van der Waals surface area contributed by atoms with E-state index in [0.717, 1.165) is 12.5 Å². The van der Waals surface area contributed by atoms with Gasteiger partial charge in [-0.1, -0.05) is 6.07 Å². The summed E-state index contributed by atoms with van der Waals surface area (Å²) in [5, 5.41) is 3.41. The molecule has 1 fully saturated rings. The van der Waals surface area contributed by atoms with Gasteiger partial charge >= 0.3 is 0 Å². The maximum absolute atomic E-state index is 4.36. The molecule has 1 aromatic rings. The average Bonchev–Trinajstić information content (AvgIpc) is 2.31. The lowest BCUT2D eigenvalue weighted by molar-refractivity contribution is 0.233. The Balaban J connectivity index is 1.77. The summed E-state index contributed by atoms with van der Waals surface area (Å²) in [6.07, 6.45) is 4.49. The van der Waals surface area contributed by atoms with E-state index in [-0.39, 0.29) is 0 Å². The fourth-order valence-electron chi connectivity index (χ4n) is 2.34. The lowest BCUT2D eigenvalue weighted by Crippen LogP contribution is -2.34. The van der Waals surface area contributed by atoms with Gasteiger partial charge in [0.25, 0.3) is 0 Å². The average molecular weight is 219 g/mol. The molecule has 2 rings (SSSR count). The quantitative estimate of drug-likeness (QED) is 0.832. The first-order valence-electron chi connectivity index (χ1n) is 6.14. The second kappa shape index (κ2) is 5.97. The Labute approximate surface area is 97.9 Å². The Bertz CT molecular complexity index is 293. The van der Waals surface area contributed by atoms with Crippen molar-refractivity contribution in [2.75, 3.05) is 26.7 Å². The van der Waals surface area contributed by atoms with Crippen LogP contribution in [0, 0.1) is 5.92 Å². The highest BCUT2D eigenvalue weighted by Crippen LogP contribution is 2.13. The summed E-state index contributed by atoms with van der Waals surface area (Å²) >= 11 is 0. The van der Waals surface area contributed by atoms with Gasteiger partial charge in [0, 0.05) is 19.3 Å². The van der Waals surface area contributed by atoms with Gasteiger partial charge in [0.15, 0.2) is 0 Å². The Morgan fingerprint density at radius 1 is 1.38 bits per heavy atom. The number of rotatable bonds is 4. The monoisotopic (exact) mass is 219 g/mol. The second-order valence-corrected chi connectivity index (χ2v) is 4.71. The minimum Gasteiger partial charge on any atom is -0.317 e. The van der Waals surface area contributed by atoms with Crippen LogP contribution in [0.4, 0.5) is 0 Å². The highest BCUT2D eigenvalue weighted by molar-refractivity contribution is 5.03. The van der Waals surface area contributed by atoms with Crippen LogP contribution < -0.4 is 5.32 Å². The lowest BCUT2D eigenvalue weighted by atomic mass is 9.98. The number of hydrogen-bond acceptors (Lipinski definition) is 3. The molecule has 0 aliphatic carbocycles. The van der Waals surface area contributed by atoms with Gasteiger partial charge in [0.1, 0.15) is 0 Å². The summed E-state index contributed by atoms with van der Waals surface area (Å²) in [4.78, 5) is 6.75. The molecule has 0 bridgehead atoms. The summed E-state index contributed by atoms with van der Waals surface area (Å²) in [5.74, 6) is 0.856. The van der Waals surface area contributed by atoms with Gasteiger partial charge in [-0.2, -0.15) is 0 Å². The van der Waals surface area contributed by atoms with E-state index in [1.807, 2.05) is 12.3 Å². The molecule has 1 saturated heterocycles. The van der Waals surface area contributed by atoms with Crippen LogP contribution in [0.3, 0.4) is 0 Å². The van der Waals surface area contributed by atoms with Crippen LogP contribution in [0.25, 0.3) is 0 Å². The standard InChI is InChI=1S/C13H21N3/c1-16(10-12-5-8-14-9-6-12)11-13-4-2-3-7-15-13/h2-4,7,12,14H,5-6,8-11H2,1H3. The van der Waals surface area contributed by atoms with Gasteiger partial charge in [-0.15, -0.1) is 0 Å². The maximum Gasteiger partial charge on any atom is 0.0543 e. The van der Waals surface area contributed by atoms with E-state index < -0.39 is 0 Å². The zero-order chi connectivity index (χ0) is 11.2. The van der Waals surface area contributed by atoms with Crippen molar-refractivity contribution >= 4 is 0 Å². The predicted octanol–water partition coefficient (Wildman–Crippen LogP) is 1.51. The molecule has 88 valence electrons. The molecule has 1 aromatic heterocycles. The third-order valence-electron chi connectivity index (χ3n) is 3.19. The van der Waals surface area contributed by atoms with Crippen molar-refractivity contribution < 1.29 is 0 Å². The van der Waals surface area contributed by atoms with Crippen LogP contribution in [0.15, 0.2) is 24.4 Å². The molecule has 3 heteroatoms. The normalized spacial score (nSPS) is 17.9. The minimum absolute atomic E-state index is 0.856. The van der Waals surface area contributed by atoms with E-state index in [4.69, 9.17) is 0 Å². The molecule has 16 heavy (non-hydrogen) atoms. The van der Waals surface area contributed by atoms with Crippen LogP contribution in [-0.4, -0.2) is 36.6 Å². The number of hydrogen-bond donors (Lipinski definition) is 1. The molecule has 1 aliphatic rings. The molecule has 0 amide bonds. The summed E-state index contributed by atoms with van der Waals surface area (Å²) in [6.45, 7) is 4.52. The fourth-order valence-corrected chi connectivity index (χ4v) is 2.34. The molecule has 1 N–H and O–H groups in total. The third-order valence-corrected chi connectivity index (χ3v) is 3.19. The van der Waals surface area contributed by atoms with Crippen molar-refractivity contribution in [1.29, 1.82) is 0 Å². The molecule has 3 nitrogen and oxygen atoms in total. The summed E-state index contributed by atoms with van der Waals surface area (Å²) < 4.78 is 0. The molecule has 0 aromatic carbocycles. The topological polar surface area (TPSA) is 28.2 Å². The predicted molar refractivity (Wildman–Crippen MR) is 66.2 cm³/mol. The number of aromatic nitrogens is 1. The van der Waals surface area contributed by atoms with Crippen LogP contribution in [-0.2, 0) is 6.54 Å². The molecule has 0 saturated carbocycles. The maximum atomic E-state index is 4.36. The first kappa shape index (κ1) is 11.6. The van der Waals surface area contributed by atoms with Crippen molar-refractivity contribution in [3.63, 3.8) is 0 Å². The molecule has 0 radical (unpaired) electrons. The van der Waals surface area contributed by atoms with Crippen molar-refractivity contribution in [2.24, 2.45) is 5.92 Å². The Kier molecular flexibility index (Phi) is 4.31. The number of pyridine rings is 1. The smallest absolute Gasteiger partial charge is 0.0543 e. The van der Waals surface area contributed by atoms with Crippen LogP contribution >= 0.6 is 0 Å². The third kappa shape index (κ3) is 3.58. The first-order valence-corrected chi connectivity index (χ1v) is 6.14. The molecular weight excluding hydrogens is 198 g/mol. The molecular formula is C13H21N3. The molecule has 0 atom stereocenters. The Hall–Kier alpha value is -0.930. The van der Waals surface area contributed by atoms with Gasteiger partial charge in [-0.3, -0.25) is 4.98 Å². The van der Waals surface area contributed by atoms with Crippen molar-refractivity contribution in [3.8, 4) is 0 Å². The van der Waals surface area contributed by atoms with Crippen molar-refractivity contribution in [3.05, 3.63) is 30.1 Å². The van der Waals surface area contributed by atoms with Crippen LogP contribution in [0.5, 0.6) is 0 Å². The fraction of sp³-hybridized carbons (Fsp3) is 0.615. The summed E-state index contributed by atoms with van der Waals surface area (Å²) in [6, 6.07) is 6.12. The lowest BCUT2D eigenvalue weighted by Gasteiger charge is -2.27. The molecule has 2 heterocycles. The Morgan fingerprint density at radius 3 is 2.88 bits per heavy atom. The van der Waals surface area contributed by atoms with E-state index in [1.165, 1.54) is 38.2 Å². The van der Waals surface area contributed by atoms with Gasteiger partial charge in [-0.05, 0) is 51.0 Å². The number of nitrogens with zero attached hydrogens (tertiary/aromatic N) is 2. The molecule has 1 aliphatic heterocycles. The van der Waals surface area contributed by atoms with Gasteiger partial charge in [-0.25, -0.2) is 0 Å². The number of nitrogens with one attached hydrogen (secondary N) is 1. The zero-order valence-electron chi connectivity index (χ0n) is 10.0. The van der Waals surface area contributed by atoms with Crippen LogP contribution in [0.1, 0.15) is 18.5 Å². The largest absolute Gasteiger partial charge is 0.317 e. The first-order chi connectivity index (χ1) is 7.84. The SMILES string of the molecule is CN(Cc1ccccn1)CC1CCNCC1. The minimum atomic E-state index is 0.856. The van der Waals surface area contributed by atoms with E-state index >= 15 is 0 Å². The number of piperidine rings is 1.